The van der Waals surface area contributed by atoms with E-state index in [4.69, 9.17) is 4.74 Å². The molecule has 0 unspecified atom stereocenters. The largest absolute Gasteiger partial charge is 0.376 e. The van der Waals surface area contributed by atoms with Gasteiger partial charge in [0.2, 0.25) is 0 Å². The topological polar surface area (TPSA) is 39.9 Å². The van der Waals surface area contributed by atoms with E-state index in [1.165, 1.54) is 11.4 Å². The standard InChI is InChI=1S/C18H25N3O/c1-18(2)14-16(7-13-22-18)17-20-10-12-21(17)11-3-4-15-5-8-19-9-6-15/h5-6,8-10,12,16H,3-4,7,11,13-14H2,1-2H3/t16-/m0/s1. The van der Waals surface area contributed by atoms with E-state index < -0.39 is 0 Å². The van der Waals surface area contributed by atoms with Crippen molar-refractivity contribution in [3.8, 4) is 0 Å². The maximum Gasteiger partial charge on any atom is 0.111 e. The molecule has 1 aliphatic rings. The normalized spacial score (nSPS) is 20.9. The highest BCUT2D eigenvalue weighted by atomic mass is 16.5. The summed E-state index contributed by atoms with van der Waals surface area (Å²) >= 11 is 0. The Kier molecular flexibility index (Phi) is 4.57. The lowest BCUT2D eigenvalue weighted by molar-refractivity contribution is -0.0606. The number of aromatic nitrogens is 3. The molecule has 1 aliphatic heterocycles. The smallest absolute Gasteiger partial charge is 0.111 e. The number of rotatable bonds is 5. The molecule has 4 nitrogen and oxygen atoms in total. The first-order valence-corrected chi connectivity index (χ1v) is 8.18. The van der Waals surface area contributed by atoms with Crippen molar-refractivity contribution in [3.05, 3.63) is 48.3 Å². The van der Waals surface area contributed by atoms with Gasteiger partial charge in [0.1, 0.15) is 5.82 Å². The third-order valence-corrected chi connectivity index (χ3v) is 4.42. The van der Waals surface area contributed by atoms with Crippen LogP contribution in [0.25, 0.3) is 0 Å². The average molecular weight is 299 g/mol. The molecule has 3 heterocycles. The minimum atomic E-state index is -0.0310. The Labute approximate surface area is 132 Å². The van der Waals surface area contributed by atoms with Gasteiger partial charge < -0.3 is 9.30 Å². The van der Waals surface area contributed by atoms with Crippen LogP contribution in [-0.2, 0) is 17.7 Å². The van der Waals surface area contributed by atoms with E-state index in [1.807, 2.05) is 18.6 Å². The van der Waals surface area contributed by atoms with Crippen molar-refractivity contribution in [2.75, 3.05) is 6.61 Å². The summed E-state index contributed by atoms with van der Waals surface area (Å²) < 4.78 is 8.16. The summed E-state index contributed by atoms with van der Waals surface area (Å²) in [6.07, 6.45) is 12.1. The average Bonchev–Trinajstić information content (AvgIpc) is 2.96. The number of hydrogen-bond acceptors (Lipinski definition) is 3. The van der Waals surface area contributed by atoms with Gasteiger partial charge in [0.05, 0.1) is 5.60 Å². The van der Waals surface area contributed by atoms with Crippen LogP contribution in [0.3, 0.4) is 0 Å². The maximum absolute atomic E-state index is 5.83. The number of imidazole rings is 1. The van der Waals surface area contributed by atoms with Gasteiger partial charge in [-0.1, -0.05) is 0 Å². The first kappa shape index (κ1) is 15.2. The molecule has 1 atom stereocenters. The second-order valence-electron chi connectivity index (χ2n) is 6.74. The van der Waals surface area contributed by atoms with Crippen LogP contribution < -0.4 is 0 Å². The molecule has 1 saturated heterocycles. The highest BCUT2D eigenvalue weighted by Gasteiger charge is 2.31. The molecule has 4 heteroatoms. The Balaban J connectivity index is 1.60. The van der Waals surface area contributed by atoms with Crippen molar-refractivity contribution in [1.82, 2.24) is 14.5 Å². The van der Waals surface area contributed by atoms with Gasteiger partial charge in [0, 0.05) is 43.9 Å². The van der Waals surface area contributed by atoms with E-state index in [2.05, 4.69) is 46.7 Å². The minimum Gasteiger partial charge on any atom is -0.376 e. The Morgan fingerprint density at radius 2 is 2.09 bits per heavy atom. The SMILES string of the molecule is CC1(C)C[C@@H](c2nccn2CCCc2ccncc2)CCO1. The maximum atomic E-state index is 5.83. The summed E-state index contributed by atoms with van der Waals surface area (Å²) in [6.45, 7) is 6.21. The molecular weight excluding hydrogens is 274 g/mol. The molecule has 3 rings (SSSR count). The monoisotopic (exact) mass is 299 g/mol. The van der Waals surface area contributed by atoms with Crippen LogP contribution in [0.1, 0.15) is 50.4 Å². The summed E-state index contributed by atoms with van der Waals surface area (Å²) in [5.74, 6) is 1.74. The van der Waals surface area contributed by atoms with Gasteiger partial charge in [-0.05, 0) is 57.2 Å². The predicted octanol–water partition coefficient (Wildman–Crippen LogP) is 3.58. The fraction of sp³-hybridized carbons (Fsp3) is 0.556. The third kappa shape index (κ3) is 3.74. The van der Waals surface area contributed by atoms with Gasteiger partial charge in [0.25, 0.3) is 0 Å². The Hall–Kier alpha value is -1.68. The number of hydrogen-bond donors (Lipinski definition) is 0. The molecule has 0 amide bonds. The zero-order chi connectivity index (χ0) is 15.4. The van der Waals surface area contributed by atoms with Crippen LogP contribution >= 0.6 is 0 Å². The lowest BCUT2D eigenvalue weighted by atomic mass is 9.88. The van der Waals surface area contributed by atoms with E-state index in [0.717, 1.165) is 38.8 Å². The van der Waals surface area contributed by atoms with E-state index >= 15 is 0 Å². The van der Waals surface area contributed by atoms with Gasteiger partial charge in [-0.2, -0.15) is 0 Å². The van der Waals surface area contributed by atoms with Crippen LogP contribution in [0.2, 0.25) is 0 Å². The van der Waals surface area contributed by atoms with E-state index in [1.54, 1.807) is 0 Å². The van der Waals surface area contributed by atoms with Gasteiger partial charge in [-0.3, -0.25) is 4.98 Å². The minimum absolute atomic E-state index is 0.0310. The summed E-state index contributed by atoms with van der Waals surface area (Å²) in [6, 6.07) is 4.19. The molecule has 2 aromatic rings. The summed E-state index contributed by atoms with van der Waals surface area (Å²) in [5.41, 5.74) is 1.32. The molecule has 0 radical (unpaired) electrons. The van der Waals surface area contributed by atoms with Crippen LogP contribution in [0.4, 0.5) is 0 Å². The van der Waals surface area contributed by atoms with Crippen molar-refractivity contribution in [1.29, 1.82) is 0 Å². The first-order chi connectivity index (χ1) is 10.6. The Morgan fingerprint density at radius 1 is 1.27 bits per heavy atom. The fourth-order valence-electron chi connectivity index (χ4n) is 3.32. The van der Waals surface area contributed by atoms with Crippen molar-refractivity contribution in [2.45, 2.75) is 57.6 Å². The van der Waals surface area contributed by atoms with Gasteiger partial charge in [-0.15, -0.1) is 0 Å². The van der Waals surface area contributed by atoms with Crippen molar-refractivity contribution < 1.29 is 4.74 Å². The van der Waals surface area contributed by atoms with Gasteiger partial charge >= 0.3 is 0 Å². The van der Waals surface area contributed by atoms with Gasteiger partial charge in [0.15, 0.2) is 0 Å². The number of aryl methyl sites for hydroxylation is 2. The molecule has 0 bridgehead atoms. The quantitative estimate of drug-likeness (QED) is 0.847. The van der Waals surface area contributed by atoms with E-state index in [-0.39, 0.29) is 5.60 Å². The number of ether oxygens (including phenoxy) is 1. The second kappa shape index (κ2) is 6.61. The highest BCUT2D eigenvalue weighted by molar-refractivity contribution is 5.10. The molecule has 0 spiro atoms. The summed E-state index contributed by atoms with van der Waals surface area (Å²) in [4.78, 5) is 8.69. The van der Waals surface area contributed by atoms with Crippen LogP contribution in [0.5, 0.6) is 0 Å². The summed E-state index contributed by atoms with van der Waals surface area (Å²) in [5, 5.41) is 0. The van der Waals surface area contributed by atoms with Crippen molar-refractivity contribution in [3.63, 3.8) is 0 Å². The molecule has 1 fully saturated rings. The molecule has 118 valence electrons. The molecule has 22 heavy (non-hydrogen) atoms. The highest BCUT2D eigenvalue weighted by Crippen LogP contribution is 2.34. The zero-order valence-electron chi connectivity index (χ0n) is 13.5. The van der Waals surface area contributed by atoms with Crippen LogP contribution in [0, 0.1) is 0 Å². The molecular formula is C18H25N3O. The third-order valence-electron chi connectivity index (χ3n) is 4.42. The van der Waals surface area contributed by atoms with Crippen molar-refractivity contribution >= 4 is 0 Å². The van der Waals surface area contributed by atoms with Crippen LogP contribution in [0.15, 0.2) is 36.9 Å². The second-order valence-corrected chi connectivity index (χ2v) is 6.74. The fourth-order valence-corrected chi connectivity index (χ4v) is 3.32. The van der Waals surface area contributed by atoms with Crippen molar-refractivity contribution in [2.24, 2.45) is 0 Å². The molecule has 0 aliphatic carbocycles. The number of pyridine rings is 1. The molecule has 0 aromatic carbocycles. The molecule has 2 aromatic heterocycles. The van der Waals surface area contributed by atoms with E-state index in [0.29, 0.717) is 5.92 Å². The molecule has 0 saturated carbocycles. The first-order valence-electron chi connectivity index (χ1n) is 8.18. The Bertz CT molecular complexity index is 591. The Morgan fingerprint density at radius 3 is 2.86 bits per heavy atom. The number of nitrogens with zero attached hydrogens (tertiary/aromatic N) is 3. The van der Waals surface area contributed by atoms with Gasteiger partial charge in [-0.25, -0.2) is 4.98 Å². The predicted molar refractivity (Wildman–Crippen MR) is 86.8 cm³/mol. The lowest BCUT2D eigenvalue weighted by Crippen LogP contribution is -2.34. The zero-order valence-corrected chi connectivity index (χ0v) is 13.5. The lowest BCUT2D eigenvalue weighted by Gasteiger charge is -2.35. The van der Waals surface area contributed by atoms with Crippen LogP contribution in [-0.4, -0.2) is 26.7 Å². The summed E-state index contributed by atoms with van der Waals surface area (Å²) in [7, 11) is 0. The molecule has 0 N–H and O–H groups in total. The van der Waals surface area contributed by atoms with E-state index in [9.17, 15) is 0 Å².